The van der Waals surface area contributed by atoms with Crippen molar-refractivity contribution in [2.45, 2.75) is 38.0 Å². The number of ether oxygens (including phenoxy) is 1. The molecule has 1 unspecified atom stereocenters. The number of methoxy groups -OCH3 is 1. The standard InChI is InChI=1S/C22H26BN2O5/c1-30-20-8-3-2-5-15(20)11-13-25(14-12-23-22(28)29)19-7-4-6-17-16(19)9-10-18(24-17)21(26)27/h2-3,5,8-10,19H,4,6-7,11-14H2,1H3,(H,26,27)(H,28,29). The fourth-order valence-electron chi connectivity index (χ4n) is 4.08. The lowest BCUT2D eigenvalue weighted by Gasteiger charge is -2.35. The van der Waals surface area contributed by atoms with E-state index in [1.807, 2.05) is 30.3 Å². The molecule has 8 heteroatoms. The molecule has 1 heterocycles. The summed E-state index contributed by atoms with van der Waals surface area (Å²) in [5, 5.41) is 18.2. The Morgan fingerprint density at radius 2 is 2.00 bits per heavy atom. The van der Waals surface area contributed by atoms with Crippen molar-refractivity contribution in [1.82, 2.24) is 9.88 Å². The number of carboxylic acid groups (broad SMARTS) is 2. The van der Waals surface area contributed by atoms with E-state index in [4.69, 9.17) is 9.84 Å². The fourth-order valence-corrected chi connectivity index (χ4v) is 4.08. The summed E-state index contributed by atoms with van der Waals surface area (Å²) >= 11 is 0. The molecule has 7 nitrogen and oxygen atoms in total. The highest BCUT2D eigenvalue weighted by Crippen LogP contribution is 2.34. The first kappa shape index (κ1) is 21.8. The summed E-state index contributed by atoms with van der Waals surface area (Å²) in [4.78, 5) is 28.9. The number of rotatable bonds is 10. The minimum absolute atomic E-state index is 0.0641. The number of para-hydroxylation sites is 1. The third-order valence-corrected chi connectivity index (χ3v) is 5.52. The van der Waals surface area contributed by atoms with E-state index >= 15 is 0 Å². The molecular formula is C22H26BN2O5. The van der Waals surface area contributed by atoms with Crippen molar-refractivity contribution >= 4 is 19.1 Å². The van der Waals surface area contributed by atoms with Gasteiger partial charge in [0, 0.05) is 18.3 Å². The Balaban J connectivity index is 1.81. The maximum absolute atomic E-state index is 11.3. The molecule has 1 aromatic heterocycles. The number of hydrogen-bond donors (Lipinski definition) is 2. The number of carboxylic acids is 1. The Morgan fingerprint density at radius 1 is 1.20 bits per heavy atom. The van der Waals surface area contributed by atoms with Crippen LogP contribution in [0.1, 0.15) is 46.2 Å². The molecule has 1 atom stereocenters. The third kappa shape index (κ3) is 5.39. The average Bonchev–Trinajstić information content (AvgIpc) is 2.75. The van der Waals surface area contributed by atoms with E-state index in [1.165, 1.54) is 7.28 Å². The van der Waals surface area contributed by atoms with Crippen LogP contribution in [-0.4, -0.2) is 59.4 Å². The Hall–Kier alpha value is -2.87. The van der Waals surface area contributed by atoms with E-state index < -0.39 is 11.8 Å². The number of benzene rings is 1. The third-order valence-electron chi connectivity index (χ3n) is 5.52. The Labute approximate surface area is 176 Å². The zero-order valence-electron chi connectivity index (χ0n) is 17.1. The Kier molecular flexibility index (Phi) is 7.46. The second-order valence-electron chi connectivity index (χ2n) is 7.37. The summed E-state index contributed by atoms with van der Waals surface area (Å²) in [7, 11) is 2.94. The highest BCUT2D eigenvalue weighted by molar-refractivity contribution is 6.71. The second kappa shape index (κ2) is 10.3. The molecule has 2 aromatic rings. The van der Waals surface area contributed by atoms with Gasteiger partial charge in [0.1, 0.15) is 11.4 Å². The van der Waals surface area contributed by atoms with E-state index in [-0.39, 0.29) is 11.7 Å². The molecule has 2 N–H and O–H groups in total. The Morgan fingerprint density at radius 3 is 2.73 bits per heavy atom. The molecule has 30 heavy (non-hydrogen) atoms. The van der Waals surface area contributed by atoms with Crippen LogP contribution in [0, 0.1) is 0 Å². The van der Waals surface area contributed by atoms with Gasteiger partial charge in [0.25, 0.3) is 7.28 Å². The first-order valence-electron chi connectivity index (χ1n) is 10.1. The summed E-state index contributed by atoms with van der Waals surface area (Å²) < 4.78 is 5.46. The average molecular weight is 409 g/mol. The van der Waals surface area contributed by atoms with Gasteiger partial charge >= 0.3 is 5.97 Å². The molecule has 0 fully saturated rings. The fraction of sp³-hybridized carbons (Fsp3) is 0.409. The molecule has 0 saturated heterocycles. The molecule has 1 aliphatic carbocycles. The van der Waals surface area contributed by atoms with E-state index in [0.29, 0.717) is 12.9 Å². The van der Waals surface area contributed by atoms with Gasteiger partial charge in [0.05, 0.1) is 7.11 Å². The topological polar surface area (TPSA) is 100.0 Å². The van der Waals surface area contributed by atoms with Crippen LogP contribution < -0.4 is 4.74 Å². The summed E-state index contributed by atoms with van der Waals surface area (Å²) in [6.07, 6.45) is 3.81. The van der Waals surface area contributed by atoms with E-state index in [1.54, 1.807) is 13.2 Å². The summed E-state index contributed by atoms with van der Waals surface area (Å²) in [6.45, 7) is 1.34. The lowest BCUT2D eigenvalue weighted by molar-refractivity contribution is 0.0689. The smallest absolute Gasteiger partial charge is 0.354 e. The van der Waals surface area contributed by atoms with Gasteiger partial charge in [-0.15, -0.1) is 0 Å². The minimum Gasteiger partial charge on any atom is -0.496 e. The van der Waals surface area contributed by atoms with Gasteiger partial charge in [-0.05, 0) is 55.5 Å². The van der Waals surface area contributed by atoms with Crippen LogP contribution in [0.25, 0.3) is 0 Å². The van der Waals surface area contributed by atoms with Crippen molar-refractivity contribution in [3.05, 3.63) is 58.9 Å². The lowest BCUT2D eigenvalue weighted by atomic mass is 9.74. The van der Waals surface area contributed by atoms with E-state index in [9.17, 15) is 14.7 Å². The molecule has 1 radical (unpaired) electrons. The first-order chi connectivity index (χ1) is 14.5. The van der Waals surface area contributed by atoms with Crippen LogP contribution in [0.15, 0.2) is 36.4 Å². The zero-order valence-corrected chi connectivity index (χ0v) is 17.1. The van der Waals surface area contributed by atoms with Crippen LogP contribution in [0.2, 0.25) is 6.32 Å². The number of carbonyl (C=O) groups is 2. The lowest BCUT2D eigenvalue weighted by Crippen LogP contribution is -2.35. The number of hydrogen-bond acceptors (Lipinski definition) is 5. The maximum Gasteiger partial charge on any atom is 0.354 e. The van der Waals surface area contributed by atoms with Crippen molar-refractivity contribution in [2.75, 3.05) is 20.2 Å². The molecule has 157 valence electrons. The predicted octanol–water partition coefficient (Wildman–Crippen LogP) is 3.51. The molecule has 3 rings (SSSR count). The highest BCUT2D eigenvalue weighted by Gasteiger charge is 2.27. The molecule has 0 amide bonds. The van der Waals surface area contributed by atoms with Crippen molar-refractivity contribution in [3.63, 3.8) is 0 Å². The van der Waals surface area contributed by atoms with E-state index in [0.717, 1.165) is 54.8 Å². The van der Waals surface area contributed by atoms with Gasteiger partial charge < -0.3 is 14.9 Å². The highest BCUT2D eigenvalue weighted by atomic mass is 16.5. The van der Waals surface area contributed by atoms with Gasteiger partial charge in [0.2, 0.25) is 5.87 Å². The number of aromatic nitrogens is 1. The molecule has 0 bridgehead atoms. The Bertz CT molecular complexity index is 905. The van der Waals surface area contributed by atoms with Gasteiger partial charge in [-0.25, -0.2) is 9.78 Å². The quantitative estimate of drug-likeness (QED) is 0.580. The second-order valence-corrected chi connectivity index (χ2v) is 7.37. The zero-order chi connectivity index (χ0) is 21.5. The van der Waals surface area contributed by atoms with Gasteiger partial charge in [-0.3, -0.25) is 9.69 Å². The first-order valence-corrected chi connectivity index (χ1v) is 10.1. The summed E-state index contributed by atoms with van der Waals surface area (Å²) in [5.41, 5.74) is 3.04. The number of pyridine rings is 1. The van der Waals surface area contributed by atoms with Gasteiger partial charge in [-0.1, -0.05) is 30.6 Å². The SMILES string of the molecule is COc1ccccc1CCN(CC[B]C(=O)O)C1CCCc2nc(C(=O)O)ccc21. The van der Waals surface area contributed by atoms with Crippen molar-refractivity contribution < 1.29 is 24.5 Å². The monoisotopic (exact) mass is 409 g/mol. The number of fused-ring (bicyclic) bond motifs is 1. The molecule has 0 spiro atoms. The molecule has 0 aliphatic heterocycles. The minimum atomic E-state index is -1.02. The number of aryl methyl sites for hydroxylation is 1. The molecule has 1 aromatic carbocycles. The van der Waals surface area contributed by atoms with Gasteiger partial charge in [0.15, 0.2) is 0 Å². The van der Waals surface area contributed by atoms with Crippen LogP contribution in [0.5, 0.6) is 5.75 Å². The normalized spacial score (nSPS) is 15.5. The molecule has 0 saturated carbocycles. The maximum atomic E-state index is 11.3. The van der Waals surface area contributed by atoms with E-state index in [2.05, 4.69) is 9.88 Å². The predicted molar refractivity (Wildman–Crippen MR) is 114 cm³/mol. The van der Waals surface area contributed by atoms with Crippen LogP contribution in [-0.2, 0) is 12.8 Å². The van der Waals surface area contributed by atoms with Crippen LogP contribution in [0.3, 0.4) is 0 Å². The van der Waals surface area contributed by atoms with Crippen LogP contribution >= 0.6 is 0 Å². The van der Waals surface area contributed by atoms with Crippen molar-refractivity contribution in [1.29, 1.82) is 0 Å². The molecule has 1 aliphatic rings. The number of nitrogens with zero attached hydrogens (tertiary/aromatic N) is 2. The largest absolute Gasteiger partial charge is 0.496 e. The van der Waals surface area contributed by atoms with Crippen LogP contribution in [0.4, 0.5) is 4.79 Å². The molecular weight excluding hydrogens is 383 g/mol. The number of aromatic carboxylic acids is 1. The summed E-state index contributed by atoms with van der Waals surface area (Å²) in [5.74, 6) is -1.10. The van der Waals surface area contributed by atoms with Crippen molar-refractivity contribution in [3.8, 4) is 5.75 Å². The van der Waals surface area contributed by atoms with Gasteiger partial charge in [-0.2, -0.15) is 0 Å². The summed E-state index contributed by atoms with van der Waals surface area (Å²) in [6, 6.07) is 11.4. The van der Waals surface area contributed by atoms with Crippen molar-refractivity contribution in [2.24, 2.45) is 0 Å².